The number of amides is 1. The van der Waals surface area contributed by atoms with Crippen LogP contribution in [0.4, 0.5) is 0 Å². The molecule has 0 aromatic heterocycles. The molecule has 1 aromatic carbocycles. The Morgan fingerprint density at radius 1 is 1.29 bits per heavy atom. The quantitative estimate of drug-likeness (QED) is 0.916. The van der Waals surface area contributed by atoms with Gasteiger partial charge in [0.15, 0.2) is 0 Å². The van der Waals surface area contributed by atoms with E-state index < -0.39 is 0 Å². The Kier molecular flexibility index (Phi) is 4.72. The molecule has 1 atom stereocenters. The van der Waals surface area contributed by atoms with Gasteiger partial charge in [-0.05, 0) is 49.9 Å². The summed E-state index contributed by atoms with van der Waals surface area (Å²) in [6.45, 7) is 2.71. The summed E-state index contributed by atoms with van der Waals surface area (Å²) in [4.78, 5) is 14.9. The Morgan fingerprint density at radius 2 is 2.10 bits per heavy atom. The second-order valence-corrected chi connectivity index (χ2v) is 6.87. The van der Waals surface area contributed by atoms with E-state index in [-0.39, 0.29) is 11.9 Å². The number of nitrogens with one attached hydrogen (secondary N) is 1. The van der Waals surface area contributed by atoms with Crippen LogP contribution in [0.2, 0.25) is 10.0 Å². The summed E-state index contributed by atoms with van der Waals surface area (Å²) in [6.07, 6.45) is 4.78. The highest BCUT2D eigenvalue weighted by Crippen LogP contribution is 2.30. The van der Waals surface area contributed by atoms with E-state index in [1.54, 1.807) is 18.2 Å². The van der Waals surface area contributed by atoms with Gasteiger partial charge in [0.05, 0.1) is 10.6 Å². The number of carbonyl (C=O) groups is 1. The summed E-state index contributed by atoms with van der Waals surface area (Å²) < 4.78 is 0. The van der Waals surface area contributed by atoms with Crippen molar-refractivity contribution in [3.8, 4) is 0 Å². The first-order chi connectivity index (χ1) is 10.1. The smallest absolute Gasteiger partial charge is 0.255 e. The van der Waals surface area contributed by atoms with Gasteiger partial charge in [-0.2, -0.15) is 0 Å². The Bertz CT molecular complexity index is 525. The van der Waals surface area contributed by atoms with Crippen LogP contribution in [0, 0.1) is 5.92 Å². The first kappa shape index (κ1) is 15.1. The molecular formula is C16H20Cl2N2O. The molecule has 1 N–H and O–H groups in total. The van der Waals surface area contributed by atoms with Crippen LogP contribution in [0.15, 0.2) is 18.2 Å². The van der Waals surface area contributed by atoms with Crippen molar-refractivity contribution in [3.63, 3.8) is 0 Å². The van der Waals surface area contributed by atoms with E-state index in [0.717, 1.165) is 26.1 Å². The summed E-state index contributed by atoms with van der Waals surface area (Å²) in [5.41, 5.74) is 0.562. The number of rotatable bonds is 4. The molecule has 1 saturated carbocycles. The molecule has 0 spiro atoms. The van der Waals surface area contributed by atoms with Crippen LogP contribution in [0.3, 0.4) is 0 Å². The minimum Gasteiger partial charge on any atom is -0.334 e. The van der Waals surface area contributed by atoms with Crippen molar-refractivity contribution in [1.29, 1.82) is 0 Å². The maximum Gasteiger partial charge on any atom is 0.255 e. The number of nitrogens with zero attached hydrogens (tertiary/aromatic N) is 1. The fourth-order valence-corrected chi connectivity index (χ4v) is 3.56. The van der Waals surface area contributed by atoms with Gasteiger partial charge in [0.1, 0.15) is 0 Å². The van der Waals surface area contributed by atoms with Crippen molar-refractivity contribution in [1.82, 2.24) is 10.2 Å². The normalized spacial score (nSPS) is 22.1. The summed E-state index contributed by atoms with van der Waals surface area (Å²) in [5, 5.41) is 4.35. The molecule has 1 heterocycles. The van der Waals surface area contributed by atoms with Crippen LogP contribution in [0.25, 0.3) is 0 Å². The zero-order valence-electron chi connectivity index (χ0n) is 11.9. The van der Waals surface area contributed by atoms with Gasteiger partial charge in [-0.25, -0.2) is 0 Å². The van der Waals surface area contributed by atoms with E-state index in [1.165, 1.54) is 19.3 Å². The lowest BCUT2D eigenvalue weighted by Gasteiger charge is -2.36. The van der Waals surface area contributed by atoms with Crippen LogP contribution in [0.5, 0.6) is 0 Å². The van der Waals surface area contributed by atoms with Crippen LogP contribution < -0.4 is 5.32 Å². The molecule has 1 aliphatic heterocycles. The lowest BCUT2D eigenvalue weighted by atomic mass is 9.84. The monoisotopic (exact) mass is 326 g/mol. The molecule has 0 bridgehead atoms. The van der Waals surface area contributed by atoms with Crippen molar-refractivity contribution in [3.05, 3.63) is 33.8 Å². The minimum atomic E-state index is 0.0391. The predicted molar refractivity (Wildman–Crippen MR) is 86.1 cm³/mol. The Labute approximate surface area is 135 Å². The van der Waals surface area contributed by atoms with Gasteiger partial charge >= 0.3 is 0 Å². The second kappa shape index (κ2) is 6.55. The fourth-order valence-electron chi connectivity index (χ4n) is 3.07. The van der Waals surface area contributed by atoms with E-state index in [1.807, 2.05) is 4.90 Å². The van der Waals surface area contributed by atoms with Crippen LogP contribution in [-0.4, -0.2) is 36.5 Å². The third-order valence-electron chi connectivity index (χ3n) is 4.58. The number of halogens is 2. The zero-order chi connectivity index (χ0) is 14.8. The predicted octanol–water partition coefficient (Wildman–Crippen LogP) is 3.60. The van der Waals surface area contributed by atoms with E-state index in [2.05, 4.69) is 5.32 Å². The van der Waals surface area contributed by atoms with Crippen LogP contribution >= 0.6 is 23.2 Å². The maximum absolute atomic E-state index is 12.9. The van der Waals surface area contributed by atoms with Crippen LogP contribution in [0.1, 0.15) is 36.0 Å². The zero-order valence-corrected chi connectivity index (χ0v) is 13.5. The summed E-state index contributed by atoms with van der Waals surface area (Å²) >= 11 is 12.1. The van der Waals surface area contributed by atoms with Crippen LogP contribution in [-0.2, 0) is 0 Å². The molecule has 1 saturated heterocycles. The number of hydrogen-bond acceptors (Lipinski definition) is 2. The standard InChI is InChI=1S/C16H20Cl2N2O/c17-12-4-5-14(15(18)8-12)16(21)20(10-11-2-1-3-11)13-6-7-19-9-13/h4-5,8,11,13,19H,1-3,6-7,9-10H2. The molecule has 21 heavy (non-hydrogen) atoms. The van der Waals surface area contributed by atoms with Crippen molar-refractivity contribution in [2.45, 2.75) is 31.7 Å². The number of hydrogen-bond donors (Lipinski definition) is 1. The van der Waals surface area contributed by atoms with E-state index in [9.17, 15) is 4.79 Å². The van der Waals surface area contributed by atoms with E-state index >= 15 is 0 Å². The number of carbonyl (C=O) groups excluding carboxylic acids is 1. The van der Waals surface area contributed by atoms with Gasteiger partial charge in [-0.15, -0.1) is 0 Å². The van der Waals surface area contributed by atoms with Gasteiger partial charge in [-0.3, -0.25) is 4.79 Å². The summed E-state index contributed by atoms with van der Waals surface area (Å²) in [7, 11) is 0. The van der Waals surface area contributed by atoms with Gasteiger partial charge in [0.2, 0.25) is 0 Å². The Morgan fingerprint density at radius 3 is 2.67 bits per heavy atom. The van der Waals surface area contributed by atoms with Gasteiger partial charge in [0, 0.05) is 24.2 Å². The Balaban J connectivity index is 1.81. The molecule has 114 valence electrons. The van der Waals surface area contributed by atoms with Crippen molar-refractivity contribution in [2.75, 3.05) is 19.6 Å². The SMILES string of the molecule is O=C(c1ccc(Cl)cc1Cl)N(CC1CCC1)C1CCNC1. The average Bonchev–Trinajstić information content (AvgIpc) is 2.90. The molecule has 3 rings (SSSR count). The first-order valence-electron chi connectivity index (χ1n) is 7.62. The molecule has 1 aromatic rings. The summed E-state index contributed by atoms with van der Waals surface area (Å²) in [5.74, 6) is 0.692. The topological polar surface area (TPSA) is 32.3 Å². The van der Waals surface area contributed by atoms with Gasteiger partial charge < -0.3 is 10.2 Å². The van der Waals surface area contributed by atoms with Crippen molar-refractivity contribution < 1.29 is 4.79 Å². The highest BCUT2D eigenvalue weighted by Gasteiger charge is 2.31. The van der Waals surface area contributed by atoms with Crippen molar-refractivity contribution in [2.24, 2.45) is 5.92 Å². The molecule has 5 heteroatoms. The van der Waals surface area contributed by atoms with Gasteiger partial charge in [-0.1, -0.05) is 29.6 Å². The number of benzene rings is 1. The minimum absolute atomic E-state index is 0.0391. The molecule has 0 radical (unpaired) electrons. The van der Waals surface area contributed by atoms with Crippen molar-refractivity contribution >= 4 is 29.1 Å². The highest BCUT2D eigenvalue weighted by molar-refractivity contribution is 6.36. The molecule has 3 nitrogen and oxygen atoms in total. The molecule has 2 aliphatic rings. The molecular weight excluding hydrogens is 307 g/mol. The van der Waals surface area contributed by atoms with E-state index in [0.29, 0.717) is 21.5 Å². The molecule has 1 amide bonds. The van der Waals surface area contributed by atoms with Gasteiger partial charge in [0.25, 0.3) is 5.91 Å². The summed E-state index contributed by atoms with van der Waals surface area (Å²) in [6, 6.07) is 5.40. The third kappa shape index (κ3) is 3.36. The van der Waals surface area contributed by atoms with E-state index in [4.69, 9.17) is 23.2 Å². The molecule has 2 fully saturated rings. The third-order valence-corrected chi connectivity index (χ3v) is 5.12. The average molecular weight is 327 g/mol. The Hall–Kier alpha value is -0.770. The fraction of sp³-hybridized carbons (Fsp3) is 0.562. The lowest BCUT2D eigenvalue weighted by Crippen LogP contribution is -2.45. The second-order valence-electron chi connectivity index (χ2n) is 6.03. The molecule has 1 aliphatic carbocycles. The maximum atomic E-state index is 12.9. The largest absolute Gasteiger partial charge is 0.334 e. The highest BCUT2D eigenvalue weighted by atomic mass is 35.5. The molecule has 1 unspecified atom stereocenters. The lowest BCUT2D eigenvalue weighted by molar-refractivity contribution is 0.0616. The first-order valence-corrected chi connectivity index (χ1v) is 8.37.